The second-order valence-electron chi connectivity index (χ2n) is 11.5. The number of methoxy groups -OCH3 is 1. The van der Waals surface area contributed by atoms with Gasteiger partial charge in [-0.2, -0.15) is 5.48 Å². The highest BCUT2D eigenvalue weighted by Crippen LogP contribution is 2.47. The van der Waals surface area contributed by atoms with Crippen LogP contribution < -0.4 is 10.2 Å². The molecule has 11 heteroatoms. The number of para-hydroxylation sites is 1. The summed E-state index contributed by atoms with van der Waals surface area (Å²) in [6.07, 6.45) is 0.782. The third-order valence-electron chi connectivity index (χ3n) is 8.64. The summed E-state index contributed by atoms with van der Waals surface area (Å²) in [6.45, 7) is -0.279. The number of carbonyl (C=O) groups excluding carboxylic acids is 3. The topological polar surface area (TPSA) is 152 Å². The average Bonchev–Trinajstić information content (AvgIpc) is 3.36. The molecule has 1 heterocycles. The summed E-state index contributed by atoms with van der Waals surface area (Å²) in [5.74, 6) is -1.77. The van der Waals surface area contributed by atoms with Crippen molar-refractivity contribution in [3.63, 3.8) is 0 Å². The predicted molar refractivity (Wildman–Crippen MR) is 179 cm³/mol. The van der Waals surface area contributed by atoms with Crippen LogP contribution >= 0.6 is 0 Å². The first kappa shape index (κ1) is 34.8. The Morgan fingerprint density at radius 1 is 0.796 bits per heavy atom. The minimum Gasteiger partial charge on any atom is -0.496 e. The van der Waals surface area contributed by atoms with Gasteiger partial charge in [0.15, 0.2) is 0 Å². The Kier molecular flexibility index (Phi) is 11.4. The van der Waals surface area contributed by atoms with E-state index in [0.29, 0.717) is 31.4 Å². The Balaban J connectivity index is 1.10. The molecule has 0 saturated carbocycles. The molecule has 4 aromatic carbocycles. The fourth-order valence-corrected chi connectivity index (χ4v) is 6.32. The van der Waals surface area contributed by atoms with Crippen molar-refractivity contribution in [2.45, 2.75) is 37.2 Å². The Hall–Kier alpha value is -5.52. The Morgan fingerprint density at radius 2 is 1.43 bits per heavy atom. The molecular formula is C38H38N2O9. The van der Waals surface area contributed by atoms with Crippen LogP contribution in [0.1, 0.15) is 73.4 Å². The number of aliphatic hydroxyl groups is 1. The molecule has 1 unspecified atom stereocenters. The van der Waals surface area contributed by atoms with Crippen LogP contribution in [-0.2, 0) is 15.0 Å². The first-order valence-corrected chi connectivity index (χ1v) is 16.0. The van der Waals surface area contributed by atoms with Gasteiger partial charge in [-0.15, -0.1) is 0 Å². The standard InChI is InChI=1S/C38H38N2O9/c1-47-32-18-11-10-17-31(32)38(27-13-5-2-6-14-27,28-15-7-3-8-16-28)33(41)19-9-4-12-23-49-39-37(46)48-24-22-40-34(42)29-21-20-26(36(44)45)25-30(29)35(40)43/h2-3,5-8,10-11,13-18,20-21,25,33,41H,4,9,12,19,22-24H2,1H3,(H,39,46)(H,44,45). The molecule has 49 heavy (non-hydrogen) atoms. The van der Waals surface area contributed by atoms with Crippen LogP contribution in [0.15, 0.2) is 103 Å². The molecule has 254 valence electrons. The van der Waals surface area contributed by atoms with Gasteiger partial charge in [0.1, 0.15) is 12.4 Å². The molecule has 0 radical (unpaired) electrons. The van der Waals surface area contributed by atoms with E-state index in [9.17, 15) is 24.3 Å². The summed E-state index contributed by atoms with van der Waals surface area (Å²) in [6, 6.07) is 31.3. The molecule has 0 saturated heterocycles. The number of benzene rings is 4. The van der Waals surface area contributed by atoms with E-state index in [2.05, 4.69) is 5.48 Å². The van der Waals surface area contributed by atoms with Crippen molar-refractivity contribution in [3.8, 4) is 5.75 Å². The van der Waals surface area contributed by atoms with Crippen molar-refractivity contribution < 1.29 is 43.7 Å². The maximum Gasteiger partial charge on any atom is 0.431 e. The van der Waals surface area contributed by atoms with E-state index >= 15 is 0 Å². The Morgan fingerprint density at radius 3 is 2.08 bits per heavy atom. The fraction of sp³-hybridized carbons (Fsp3) is 0.263. The number of carboxylic acid groups (broad SMARTS) is 1. The lowest BCUT2D eigenvalue weighted by atomic mass is 9.64. The molecule has 1 aliphatic rings. The van der Waals surface area contributed by atoms with Gasteiger partial charge in [0.05, 0.1) is 48.5 Å². The van der Waals surface area contributed by atoms with Gasteiger partial charge in [0.25, 0.3) is 11.8 Å². The van der Waals surface area contributed by atoms with Gasteiger partial charge in [0.2, 0.25) is 0 Å². The maximum absolute atomic E-state index is 12.6. The number of nitrogens with one attached hydrogen (secondary N) is 1. The highest BCUT2D eigenvalue weighted by molar-refractivity contribution is 6.21. The first-order chi connectivity index (χ1) is 23.8. The number of fused-ring (bicyclic) bond motifs is 1. The number of imide groups is 1. The van der Waals surface area contributed by atoms with E-state index in [1.165, 1.54) is 12.1 Å². The second kappa shape index (κ2) is 16.1. The van der Waals surface area contributed by atoms with E-state index < -0.39 is 35.4 Å². The molecule has 1 aliphatic heterocycles. The number of carbonyl (C=O) groups is 4. The van der Waals surface area contributed by atoms with Crippen molar-refractivity contribution in [3.05, 3.63) is 137 Å². The summed E-state index contributed by atoms with van der Waals surface area (Å²) in [5, 5.41) is 21.2. The zero-order valence-corrected chi connectivity index (χ0v) is 27.0. The van der Waals surface area contributed by atoms with Gasteiger partial charge >= 0.3 is 12.1 Å². The summed E-state index contributed by atoms with van der Waals surface area (Å²) < 4.78 is 10.8. The van der Waals surface area contributed by atoms with Crippen LogP contribution in [0.3, 0.4) is 0 Å². The summed E-state index contributed by atoms with van der Waals surface area (Å²) in [5.41, 5.74) is 4.03. The van der Waals surface area contributed by atoms with Crippen LogP contribution in [-0.4, -0.2) is 72.0 Å². The molecule has 0 bridgehead atoms. The van der Waals surface area contributed by atoms with Crippen LogP contribution in [0.2, 0.25) is 0 Å². The Labute approximate surface area is 284 Å². The molecule has 0 fully saturated rings. The molecule has 3 amide bonds. The van der Waals surface area contributed by atoms with Gasteiger partial charge in [0, 0.05) is 5.56 Å². The number of amides is 3. The van der Waals surface area contributed by atoms with Gasteiger partial charge in [-0.25, -0.2) is 9.59 Å². The van der Waals surface area contributed by atoms with E-state index in [0.717, 1.165) is 27.7 Å². The van der Waals surface area contributed by atoms with Crippen molar-refractivity contribution >= 4 is 23.9 Å². The van der Waals surface area contributed by atoms with Crippen molar-refractivity contribution in [1.29, 1.82) is 0 Å². The van der Waals surface area contributed by atoms with Gasteiger partial charge in [-0.05, 0) is 48.2 Å². The number of ether oxygens (including phenoxy) is 2. The largest absolute Gasteiger partial charge is 0.496 e. The maximum atomic E-state index is 12.6. The number of hydrogen-bond acceptors (Lipinski definition) is 8. The first-order valence-electron chi connectivity index (χ1n) is 16.0. The van der Waals surface area contributed by atoms with E-state index in [4.69, 9.17) is 19.4 Å². The minimum atomic E-state index is -1.21. The molecule has 0 aromatic heterocycles. The highest BCUT2D eigenvalue weighted by Gasteiger charge is 2.44. The number of aromatic carboxylic acids is 1. The van der Waals surface area contributed by atoms with Crippen LogP contribution in [0.4, 0.5) is 4.79 Å². The molecule has 0 aliphatic carbocycles. The van der Waals surface area contributed by atoms with Gasteiger partial charge in [-0.1, -0.05) is 91.7 Å². The minimum absolute atomic E-state index is 0.00387. The molecular weight excluding hydrogens is 628 g/mol. The smallest absolute Gasteiger partial charge is 0.431 e. The van der Waals surface area contributed by atoms with Crippen LogP contribution in [0.5, 0.6) is 5.75 Å². The van der Waals surface area contributed by atoms with E-state index in [-0.39, 0.29) is 36.4 Å². The SMILES string of the molecule is COc1ccccc1C(c1ccccc1)(c1ccccc1)C(O)CCCCCONC(=O)OCCN1C(=O)c2ccc(C(=O)O)cc2C1=O. The zero-order valence-electron chi connectivity index (χ0n) is 27.0. The van der Waals surface area contributed by atoms with Crippen molar-refractivity contribution in [1.82, 2.24) is 10.4 Å². The normalized spacial score (nSPS) is 13.1. The monoisotopic (exact) mass is 666 g/mol. The highest BCUT2D eigenvalue weighted by atomic mass is 16.7. The second-order valence-corrected chi connectivity index (χ2v) is 11.5. The van der Waals surface area contributed by atoms with E-state index in [1.807, 2.05) is 84.9 Å². The predicted octanol–water partition coefficient (Wildman–Crippen LogP) is 5.60. The number of carboxylic acids is 1. The zero-order chi connectivity index (χ0) is 34.8. The fourth-order valence-electron chi connectivity index (χ4n) is 6.32. The Bertz CT molecular complexity index is 1740. The number of hydroxylamine groups is 1. The van der Waals surface area contributed by atoms with Crippen LogP contribution in [0, 0.1) is 0 Å². The van der Waals surface area contributed by atoms with Crippen molar-refractivity contribution in [2.75, 3.05) is 26.9 Å². The third-order valence-corrected chi connectivity index (χ3v) is 8.64. The number of nitrogens with zero attached hydrogens (tertiary/aromatic N) is 1. The van der Waals surface area contributed by atoms with Crippen molar-refractivity contribution in [2.24, 2.45) is 0 Å². The van der Waals surface area contributed by atoms with Crippen LogP contribution in [0.25, 0.3) is 0 Å². The summed E-state index contributed by atoms with van der Waals surface area (Å²) in [7, 11) is 1.63. The quantitative estimate of drug-likeness (QED) is 0.0600. The average molecular weight is 667 g/mol. The number of unbranched alkanes of at least 4 members (excludes halogenated alkanes) is 2. The molecule has 1 atom stereocenters. The lowest BCUT2D eigenvalue weighted by Crippen LogP contribution is -2.42. The molecule has 3 N–H and O–H groups in total. The molecule has 4 aromatic rings. The van der Waals surface area contributed by atoms with E-state index in [1.54, 1.807) is 7.11 Å². The molecule has 5 rings (SSSR count). The van der Waals surface area contributed by atoms with Gasteiger partial charge < -0.3 is 19.7 Å². The number of rotatable bonds is 16. The summed E-state index contributed by atoms with van der Waals surface area (Å²) >= 11 is 0. The third kappa shape index (κ3) is 7.48. The lowest BCUT2D eigenvalue weighted by molar-refractivity contribution is 0.0226. The van der Waals surface area contributed by atoms with Gasteiger partial charge in [-0.3, -0.25) is 19.3 Å². The number of aliphatic hydroxyl groups excluding tert-OH is 1. The lowest BCUT2D eigenvalue weighted by Gasteiger charge is -2.41. The summed E-state index contributed by atoms with van der Waals surface area (Å²) in [4.78, 5) is 54.6. The molecule has 11 nitrogen and oxygen atoms in total. The number of hydrogen-bond donors (Lipinski definition) is 3. The molecule has 0 spiro atoms.